The molecule has 0 unspecified atom stereocenters. The lowest BCUT2D eigenvalue weighted by Gasteiger charge is -2.09. The van der Waals surface area contributed by atoms with Gasteiger partial charge in [-0.25, -0.2) is 4.79 Å². The number of furan rings is 1. The van der Waals surface area contributed by atoms with E-state index in [-0.39, 0.29) is 18.3 Å². The first-order valence-electron chi connectivity index (χ1n) is 6.68. The number of hydrogen-bond acceptors (Lipinski definition) is 4. The van der Waals surface area contributed by atoms with Gasteiger partial charge in [0, 0.05) is 12.1 Å². The van der Waals surface area contributed by atoms with Gasteiger partial charge in [0.05, 0.1) is 11.8 Å². The van der Waals surface area contributed by atoms with Crippen molar-refractivity contribution in [3.05, 3.63) is 53.5 Å². The summed E-state index contributed by atoms with van der Waals surface area (Å²) in [6.45, 7) is 1.99. The fourth-order valence-corrected chi connectivity index (χ4v) is 1.76. The Morgan fingerprint density at radius 3 is 2.86 bits per heavy atom. The van der Waals surface area contributed by atoms with Crippen molar-refractivity contribution < 1.29 is 18.7 Å². The highest BCUT2D eigenvalue weighted by atomic mass is 16.5. The summed E-state index contributed by atoms with van der Waals surface area (Å²) in [6, 6.07) is 8.11. The third-order valence-corrected chi connectivity index (χ3v) is 2.95. The van der Waals surface area contributed by atoms with Crippen LogP contribution in [0.5, 0.6) is 0 Å². The highest BCUT2D eigenvalue weighted by Gasteiger charge is 2.13. The van der Waals surface area contributed by atoms with Gasteiger partial charge in [-0.3, -0.25) is 4.79 Å². The number of nitrogens with one attached hydrogen (secondary N) is 1. The third-order valence-electron chi connectivity index (χ3n) is 2.95. The molecule has 2 rings (SSSR count). The number of hydrogen-bond donors (Lipinski definition) is 1. The van der Waals surface area contributed by atoms with E-state index in [1.807, 2.05) is 6.92 Å². The van der Waals surface area contributed by atoms with Crippen molar-refractivity contribution in [3.63, 3.8) is 0 Å². The Bertz CT molecular complexity index is 711. The van der Waals surface area contributed by atoms with Crippen molar-refractivity contribution in [2.75, 3.05) is 11.9 Å². The molecule has 1 N–H and O–H groups in total. The lowest BCUT2D eigenvalue weighted by molar-refractivity contribution is 0.0513. The lowest BCUT2D eigenvalue weighted by Crippen LogP contribution is -2.13. The summed E-state index contributed by atoms with van der Waals surface area (Å²) in [5.74, 6) is 1.72. The van der Waals surface area contributed by atoms with Gasteiger partial charge in [0.15, 0.2) is 5.76 Å². The molecule has 5 heteroatoms. The average molecular weight is 297 g/mol. The van der Waals surface area contributed by atoms with E-state index in [2.05, 4.69) is 11.2 Å². The number of amides is 1. The summed E-state index contributed by atoms with van der Waals surface area (Å²) in [5, 5.41) is 2.70. The van der Waals surface area contributed by atoms with Crippen molar-refractivity contribution in [1.29, 1.82) is 0 Å². The zero-order valence-electron chi connectivity index (χ0n) is 12.1. The lowest BCUT2D eigenvalue weighted by atomic mass is 10.1. The Labute approximate surface area is 128 Å². The molecular formula is C17H15NO4. The molecule has 1 aromatic heterocycles. The van der Waals surface area contributed by atoms with E-state index in [1.54, 1.807) is 30.3 Å². The first-order chi connectivity index (χ1) is 10.6. The van der Waals surface area contributed by atoms with Crippen molar-refractivity contribution in [2.45, 2.75) is 13.3 Å². The van der Waals surface area contributed by atoms with E-state index >= 15 is 0 Å². The molecule has 1 heterocycles. The van der Waals surface area contributed by atoms with Crippen LogP contribution in [0.2, 0.25) is 0 Å². The van der Waals surface area contributed by atoms with Crippen LogP contribution in [-0.2, 0) is 4.74 Å². The molecule has 0 bridgehead atoms. The van der Waals surface area contributed by atoms with E-state index < -0.39 is 5.97 Å². The zero-order valence-corrected chi connectivity index (χ0v) is 12.1. The summed E-state index contributed by atoms with van der Waals surface area (Å²) >= 11 is 0. The van der Waals surface area contributed by atoms with Gasteiger partial charge in [-0.15, -0.1) is 12.3 Å². The number of carbonyl (C=O) groups excluding carboxylic acids is 2. The van der Waals surface area contributed by atoms with Crippen molar-refractivity contribution in [3.8, 4) is 12.3 Å². The minimum Gasteiger partial charge on any atom is -0.461 e. The molecule has 0 saturated heterocycles. The molecule has 5 nitrogen and oxygen atoms in total. The second-order valence-corrected chi connectivity index (χ2v) is 4.55. The van der Waals surface area contributed by atoms with Crippen LogP contribution in [0.4, 0.5) is 5.69 Å². The summed E-state index contributed by atoms with van der Waals surface area (Å²) in [6.07, 6.45) is 6.88. The smallest absolute Gasteiger partial charge is 0.338 e. The normalized spacial score (nSPS) is 9.82. The predicted octanol–water partition coefficient (Wildman–Crippen LogP) is 3.02. The number of anilines is 1. The number of ether oxygens (including phenoxy) is 1. The van der Waals surface area contributed by atoms with Crippen LogP contribution in [0.3, 0.4) is 0 Å². The monoisotopic (exact) mass is 297 g/mol. The summed E-state index contributed by atoms with van der Waals surface area (Å²) in [7, 11) is 0. The van der Waals surface area contributed by atoms with Crippen LogP contribution in [0.1, 0.15) is 32.9 Å². The Balaban J connectivity index is 2.11. The molecule has 0 aliphatic carbocycles. The van der Waals surface area contributed by atoms with Gasteiger partial charge >= 0.3 is 5.97 Å². The SMILES string of the molecule is C#CCCOC(=O)c1ccc(C)c(NC(=O)c2ccco2)c1. The van der Waals surface area contributed by atoms with Gasteiger partial charge < -0.3 is 14.5 Å². The maximum atomic E-state index is 12.0. The topological polar surface area (TPSA) is 68.5 Å². The molecule has 0 fully saturated rings. The molecule has 112 valence electrons. The molecule has 0 aliphatic heterocycles. The maximum absolute atomic E-state index is 12.0. The molecule has 1 amide bonds. The number of benzene rings is 1. The molecule has 22 heavy (non-hydrogen) atoms. The quantitative estimate of drug-likeness (QED) is 0.523. The van der Waals surface area contributed by atoms with Gasteiger partial charge in [-0.2, -0.15) is 0 Å². The Morgan fingerprint density at radius 2 is 2.18 bits per heavy atom. The zero-order chi connectivity index (χ0) is 15.9. The summed E-state index contributed by atoms with van der Waals surface area (Å²) < 4.78 is 10.1. The standard InChI is InChI=1S/C17H15NO4/c1-3-4-9-22-17(20)13-8-7-12(2)14(11-13)18-16(19)15-6-5-10-21-15/h1,5-8,10-11H,4,9H2,2H3,(H,18,19). The number of terminal acetylenes is 1. The molecule has 0 atom stereocenters. The number of aryl methyl sites for hydroxylation is 1. The van der Waals surface area contributed by atoms with E-state index in [0.717, 1.165) is 5.56 Å². The minimum absolute atomic E-state index is 0.164. The molecule has 0 aliphatic rings. The number of rotatable bonds is 5. The Kier molecular flexibility index (Phi) is 4.99. The molecule has 2 aromatic rings. The predicted molar refractivity (Wildman–Crippen MR) is 81.6 cm³/mol. The van der Waals surface area contributed by atoms with Crippen molar-refractivity contribution >= 4 is 17.6 Å². The van der Waals surface area contributed by atoms with Crippen LogP contribution in [-0.4, -0.2) is 18.5 Å². The van der Waals surface area contributed by atoms with Gasteiger partial charge in [-0.1, -0.05) is 6.07 Å². The average Bonchev–Trinajstić information content (AvgIpc) is 3.04. The molecule has 0 radical (unpaired) electrons. The first-order valence-corrected chi connectivity index (χ1v) is 6.68. The molecule has 1 aromatic carbocycles. The van der Waals surface area contributed by atoms with Crippen LogP contribution in [0.25, 0.3) is 0 Å². The van der Waals surface area contributed by atoms with Crippen molar-refractivity contribution in [2.24, 2.45) is 0 Å². The highest BCUT2D eigenvalue weighted by Crippen LogP contribution is 2.19. The second kappa shape index (κ2) is 7.14. The second-order valence-electron chi connectivity index (χ2n) is 4.55. The summed E-state index contributed by atoms with van der Waals surface area (Å²) in [4.78, 5) is 23.9. The highest BCUT2D eigenvalue weighted by molar-refractivity contribution is 6.03. The van der Waals surface area contributed by atoms with Crippen LogP contribution >= 0.6 is 0 Å². The Hall–Kier alpha value is -3.00. The first kappa shape index (κ1) is 15.4. The van der Waals surface area contributed by atoms with E-state index in [4.69, 9.17) is 15.6 Å². The minimum atomic E-state index is -0.483. The summed E-state index contributed by atoms with van der Waals surface area (Å²) in [5.41, 5.74) is 1.69. The molecule has 0 saturated carbocycles. The molecule has 0 spiro atoms. The largest absolute Gasteiger partial charge is 0.461 e. The number of carbonyl (C=O) groups is 2. The van der Waals surface area contributed by atoms with Gasteiger partial charge in [0.2, 0.25) is 0 Å². The van der Waals surface area contributed by atoms with Gasteiger partial charge in [0.25, 0.3) is 5.91 Å². The van der Waals surface area contributed by atoms with Crippen molar-refractivity contribution in [1.82, 2.24) is 0 Å². The van der Waals surface area contributed by atoms with Crippen LogP contribution in [0.15, 0.2) is 41.0 Å². The number of esters is 1. The fourth-order valence-electron chi connectivity index (χ4n) is 1.76. The van der Waals surface area contributed by atoms with Gasteiger partial charge in [0.1, 0.15) is 6.61 Å². The fraction of sp³-hybridized carbons (Fsp3) is 0.176. The van der Waals surface area contributed by atoms with E-state index in [9.17, 15) is 9.59 Å². The van der Waals surface area contributed by atoms with Crippen LogP contribution < -0.4 is 5.32 Å². The van der Waals surface area contributed by atoms with Gasteiger partial charge in [-0.05, 0) is 36.8 Å². The third kappa shape index (κ3) is 3.76. The van der Waals surface area contributed by atoms with E-state index in [1.165, 1.54) is 6.26 Å². The maximum Gasteiger partial charge on any atom is 0.338 e. The van der Waals surface area contributed by atoms with E-state index in [0.29, 0.717) is 17.7 Å². The Morgan fingerprint density at radius 1 is 1.36 bits per heavy atom. The van der Waals surface area contributed by atoms with Crippen LogP contribution in [0, 0.1) is 19.3 Å². The molecular weight excluding hydrogens is 282 g/mol.